The van der Waals surface area contributed by atoms with Crippen molar-refractivity contribution in [1.82, 2.24) is 0 Å². The molecular formula is C69H79BN2S2. The number of thiophene rings is 2. The van der Waals surface area contributed by atoms with Gasteiger partial charge in [-0.2, -0.15) is 0 Å². The summed E-state index contributed by atoms with van der Waals surface area (Å²) in [6.45, 7) is 40.7. The van der Waals surface area contributed by atoms with Gasteiger partial charge in [0.1, 0.15) is 0 Å². The van der Waals surface area contributed by atoms with Crippen molar-refractivity contribution in [2.24, 2.45) is 5.41 Å². The summed E-state index contributed by atoms with van der Waals surface area (Å²) in [7, 11) is 0. The van der Waals surface area contributed by atoms with E-state index in [0.717, 1.165) is 0 Å². The third-order valence-electron chi connectivity index (χ3n) is 18.7. The van der Waals surface area contributed by atoms with Gasteiger partial charge in [0.15, 0.2) is 0 Å². The maximum absolute atomic E-state index is 2.72. The van der Waals surface area contributed by atoms with Crippen LogP contribution in [-0.4, -0.2) is 6.71 Å². The molecule has 0 spiro atoms. The number of hydrogen-bond donors (Lipinski definition) is 0. The zero-order valence-electron chi connectivity index (χ0n) is 47.7. The SMILES string of the molecule is CC(C)(C)c1ccc(N2c3cc(C4c5ccc(C(C)(C)C)cc5C5(C)CCCCC45C)cc4c3B(c3c2sc2cc(C(C)(C)C)ccc32)c2c(sc3cc(C(C)(C)C)ccc23)N4c2ccc(C(C)(C)C)cc2)cc1. The van der Waals surface area contributed by atoms with Crippen LogP contribution in [-0.2, 0) is 32.5 Å². The van der Waals surface area contributed by atoms with E-state index in [2.05, 4.69) is 243 Å². The normalized spacial score (nSPS) is 20.7. The molecule has 2 aromatic heterocycles. The summed E-state index contributed by atoms with van der Waals surface area (Å²) >= 11 is 4.02. The number of rotatable bonds is 3. The first kappa shape index (κ1) is 49.8. The van der Waals surface area contributed by atoms with Crippen LogP contribution < -0.4 is 26.2 Å². The molecule has 2 nitrogen and oxygen atoms in total. The highest BCUT2D eigenvalue weighted by molar-refractivity contribution is 7.29. The molecule has 380 valence electrons. The molecule has 3 unspecified atom stereocenters. The summed E-state index contributed by atoms with van der Waals surface area (Å²) in [4.78, 5) is 5.45. The van der Waals surface area contributed by atoms with E-state index in [1.54, 1.807) is 5.56 Å². The highest BCUT2D eigenvalue weighted by atomic mass is 32.1. The molecule has 0 amide bonds. The lowest BCUT2D eigenvalue weighted by Gasteiger charge is -2.49. The fourth-order valence-electron chi connectivity index (χ4n) is 14.0. The Morgan fingerprint density at radius 3 is 1.27 bits per heavy atom. The molecule has 0 radical (unpaired) electrons. The van der Waals surface area contributed by atoms with E-state index >= 15 is 0 Å². The molecule has 0 N–H and O–H groups in total. The monoisotopic (exact) mass is 1010 g/mol. The first-order valence-corrected chi connectivity index (χ1v) is 29.5. The van der Waals surface area contributed by atoms with Gasteiger partial charge >= 0.3 is 0 Å². The van der Waals surface area contributed by atoms with Gasteiger partial charge in [0.2, 0.25) is 0 Å². The summed E-state index contributed by atoms with van der Waals surface area (Å²) in [5, 5.41) is 5.46. The third kappa shape index (κ3) is 7.42. The van der Waals surface area contributed by atoms with Crippen molar-refractivity contribution in [3.63, 3.8) is 0 Å². The topological polar surface area (TPSA) is 6.48 Å². The molecule has 3 atom stereocenters. The van der Waals surface area contributed by atoms with E-state index in [1.165, 1.54) is 134 Å². The van der Waals surface area contributed by atoms with Crippen LogP contribution in [0.5, 0.6) is 0 Å². The van der Waals surface area contributed by atoms with Crippen molar-refractivity contribution in [3.8, 4) is 0 Å². The molecule has 5 heteroatoms. The van der Waals surface area contributed by atoms with Crippen LogP contribution in [0, 0.1) is 5.41 Å². The average Bonchev–Trinajstić information content (AvgIpc) is 3.96. The van der Waals surface area contributed by atoms with Crippen molar-refractivity contribution in [2.75, 3.05) is 9.80 Å². The van der Waals surface area contributed by atoms with Gasteiger partial charge in [-0.1, -0.05) is 197 Å². The van der Waals surface area contributed by atoms with Gasteiger partial charge in [-0.15, -0.1) is 22.7 Å². The van der Waals surface area contributed by atoms with E-state index < -0.39 is 0 Å². The second-order valence-corrected chi connectivity index (χ2v) is 30.7. The zero-order valence-corrected chi connectivity index (χ0v) is 49.3. The smallest absolute Gasteiger partial charge is 0.256 e. The van der Waals surface area contributed by atoms with E-state index in [0.29, 0.717) is 0 Å². The van der Waals surface area contributed by atoms with Crippen LogP contribution in [0.25, 0.3) is 20.2 Å². The van der Waals surface area contributed by atoms with Crippen LogP contribution in [0.15, 0.2) is 115 Å². The minimum atomic E-state index is 0.0243. The Hall–Kier alpha value is -5.10. The molecule has 2 aliphatic carbocycles. The van der Waals surface area contributed by atoms with Gasteiger partial charge in [-0.3, -0.25) is 0 Å². The maximum atomic E-state index is 2.72. The van der Waals surface area contributed by atoms with Crippen LogP contribution in [0.3, 0.4) is 0 Å². The van der Waals surface area contributed by atoms with E-state index in [-0.39, 0.29) is 50.5 Å². The van der Waals surface area contributed by atoms with Crippen molar-refractivity contribution in [2.45, 2.75) is 182 Å². The molecule has 1 fully saturated rings. The standard InChI is InChI=1S/C69H79BN2S2/c1-63(2,3)42-20-27-47(28-21-42)71-53-36-41(57-49-31-24-44(65(7,8)9)38-52(49)68(16)34-18-19-35-69(57,68)17)37-54-60(53)70(58-50-32-25-45(66(10,11)12)39-55(50)73-61(58)71)59-51-33-26-46(67(13,14)15)40-56(51)74-62(59)72(54)48-29-22-43(23-30-48)64(4,5)6/h20-33,36-40,57H,18-19,34-35H2,1-17H3. The minimum Gasteiger partial charge on any atom is -0.303 e. The van der Waals surface area contributed by atoms with Crippen molar-refractivity contribution >= 4 is 98.7 Å². The molecule has 1 saturated carbocycles. The Morgan fingerprint density at radius 1 is 0.446 bits per heavy atom. The Morgan fingerprint density at radius 2 is 0.838 bits per heavy atom. The zero-order chi connectivity index (χ0) is 52.6. The minimum absolute atomic E-state index is 0.0243. The molecule has 0 saturated heterocycles. The molecule has 8 aromatic rings. The van der Waals surface area contributed by atoms with Crippen LogP contribution in [0.4, 0.5) is 32.8 Å². The van der Waals surface area contributed by atoms with Crippen molar-refractivity contribution in [1.29, 1.82) is 0 Å². The van der Waals surface area contributed by atoms with Gasteiger partial charge < -0.3 is 9.80 Å². The Bertz CT molecular complexity index is 3390. The summed E-state index contributed by atoms with van der Waals surface area (Å²) in [5.74, 6) is 0.225. The molecule has 4 aliphatic rings. The Labute approximate surface area is 452 Å². The molecule has 0 bridgehead atoms. The summed E-state index contributed by atoms with van der Waals surface area (Å²) in [5.41, 5.74) is 21.2. The second kappa shape index (κ2) is 16.2. The quantitative estimate of drug-likeness (QED) is 0.163. The summed E-state index contributed by atoms with van der Waals surface area (Å²) in [6, 6.07) is 47.3. The predicted octanol–water partition coefficient (Wildman–Crippen LogP) is 18.7. The highest BCUT2D eigenvalue weighted by Gasteiger charge is 2.59. The van der Waals surface area contributed by atoms with Gasteiger partial charge in [0, 0.05) is 38.1 Å². The lowest BCUT2D eigenvalue weighted by molar-refractivity contribution is 0.0923. The van der Waals surface area contributed by atoms with Crippen LogP contribution >= 0.6 is 22.7 Å². The maximum Gasteiger partial charge on any atom is 0.256 e. The predicted molar refractivity (Wildman–Crippen MR) is 327 cm³/mol. The number of hydrogen-bond acceptors (Lipinski definition) is 4. The van der Waals surface area contributed by atoms with Crippen molar-refractivity contribution in [3.05, 3.63) is 160 Å². The number of benzene rings is 6. The first-order valence-electron chi connectivity index (χ1n) is 27.9. The fraction of sp³-hybridized carbons (Fsp3) is 0.420. The molecule has 4 heterocycles. The summed E-state index contributed by atoms with van der Waals surface area (Å²) < 4.78 is 2.74. The molecule has 74 heavy (non-hydrogen) atoms. The lowest BCUT2D eigenvalue weighted by atomic mass is 9.33. The largest absolute Gasteiger partial charge is 0.303 e. The van der Waals surface area contributed by atoms with Gasteiger partial charge in [0.25, 0.3) is 6.71 Å². The van der Waals surface area contributed by atoms with Gasteiger partial charge in [-0.05, 0) is 171 Å². The van der Waals surface area contributed by atoms with Gasteiger partial charge in [-0.25, -0.2) is 0 Å². The molecule has 2 aliphatic heterocycles. The second-order valence-electron chi connectivity index (χ2n) is 28.7. The number of fused-ring (bicyclic) bond motifs is 11. The average molecular weight is 1010 g/mol. The molecule has 12 rings (SSSR count). The Kier molecular flexibility index (Phi) is 10.9. The van der Waals surface area contributed by atoms with Crippen LogP contribution in [0.2, 0.25) is 0 Å². The van der Waals surface area contributed by atoms with E-state index in [1.807, 2.05) is 22.7 Å². The van der Waals surface area contributed by atoms with E-state index in [4.69, 9.17) is 0 Å². The number of nitrogens with zero attached hydrogens (tertiary/aromatic N) is 2. The highest BCUT2D eigenvalue weighted by Crippen LogP contribution is 2.68. The number of anilines is 6. The Balaban J connectivity index is 1.23. The first-order chi connectivity index (χ1) is 34.6. The molecule has 6 aromatic carbocycles. The van der Waals surface area contributed by atoms with Crippen LogP contribution in [0.1, 0.15) is 194 Å². The lowest BCUT2D eigenvalue weighted by Crippen LogP contribution is -2.60. The summed E-state index contributed by atoms with van der Waals surface area (Å²) in [6.07, 6.45) is 4.99. The third-order valence-corrected chi connectivity index (χ3v) is 21.0. The van der Waals surface area contributed by atoms with E-state index in [9.17, 15) is 0 Å². The fourth-order valence-corrected chi connectivity index (χ4v) is 16.6. The van der Waals surface area contributed by atoms with Crippen molar-refractivity contribution < 1.29 is 0 Å². The molecular weight excluding hydrogens is 932 g/mol. The van der Waals surface area contributed by atoms with Gasteiger partial charge in [0.05, 0.1) is 10.0 Å².